The lowest BCUT2D eigenvalue weighted by Crippen LogP contribution is -2.13. The molecule has 2 aromatic carbocycles. The van der Waals surface area contributed by atoms with Crippen LogP contribution in [0.2, 0.25) is 0 Å². The molecule has 1 aliphatic carbocycles. The molecule has 0 heterocycles. The Hall–Kier alpha value is -2.41. The SMILES string of the molecule is CC(C)(C)c1ccc(/C=C2/CCC/C(=C/c3ccc(C(C)(C)C)cc3)C2=O)cc1. The Balaban J connectivity index is 1.81. The standard InChI is InChI=1S/C28H34O/c1-27(2,3)24-14-10-20(11-15-24)18-22-8-7-9-23(26(22)29)19-21-12-16-25(17-13-21)28(4,5)6/h10-19H,7-9H2,1-6H3/b22-18-,23-19-. The molecule has 0 aliphatic heterocycles. The molecule has 0 N–H and O–H groups in total. The minimum absolute atomic E-state index is 0.144. The van der Waals surface area contributed by atoms with Crippen molar-refractivity contribution in [2.75, 3.05) is 0 Å². The van der Waals surface area contributed by atoms with Gasteiger partial charge in [-0.3, -0.25) is 4.79 Å². The Labute approximate surface area is 176 Å². The highest BCUT2D eigenvalue weighted by atomic mass is 16.1. The van der Waals surface area contributed by atoms with E-state index in [0.29, 0.717) is 0 Å². The van der Waals surface area contributed by atoms with Crippen LogP contribution in [0.1, 0.15) is 83.1 Å². The lowest BCUT2D eigenvalue weighted by atomic mass is 9.84. The van der Waals surface area contributed by atoms with Crippen LogP contribution in [0.3, 0.4) is 0 Å². The van der Waals surface area contributed by atoms with Crippen molar-refractivity contribution in [3.05, 3.63) is 81.9 Å². The van der Waals surface area contributed by atoms with Crippen LogP contribution in [0, 0.1) is 0 Å². The summed E-state index contributed by atoms with van der Waals surface area (Å²) in [6.45, 7) is 13.3. The maximum Gasteiger partial charge on any atom is 0.185 e. The Morgan fingerprint density at radius 3 is 1.28 bits per heavy atom. The number of allylic oxidation sites excluding steroid dienone is 2. The maximum atomic E-state index is 13.1. The average Bonchev–Trinajstić information content (AvgIpc) is 2.64. The zero-order chi connectivity index (χ0) is 21.2. The second-order valence-electron chi connectivity index (χ2n) is 10.3. The number of Topliss-reactive ketones (excluding diaryl/α,β-unsaturated/α-hetero) is 1. The van der Waals surface area contributed by atoms with Crippen LogP contribution in [-0.4, -0.2) is 5.78 Å². The molecular weight excluding hydrogens is 352 g/mol. The first-order valence-corrected chi connectivity index (χ1v) is 10.7. The van der Waals surface area contributed by atoms with E-state index in [1.54, 1.807) is 0 Å². The van der Waals surface area contributed by atoms with Gasteiger partial charge in [-0.25, -0.2) is 0 Å². The van der Waals surface area contributed by atoms with Crippen molar-refractivity contribution >= 4 is 17.9 Å². The second-order valence-corrected chi connectivity index (χ2v) is 10.3. The molecule has 0 amide bonds. The normalized spacial score (nSPS) is 18.5. The van der Waals surface area contributed by atoms with Crippen LogP contribution in [0.25, 0.3) is 12.2 Å². The number of carbonyl (C=O) groups excluding carboxylic acids is 1. The third-order valence-electron chi connectivity index (χ3n) is 5.71. The van der Waals surface area contributed by atoms with E-state index in [1.165, 1.54) is 11.1 Å². The quantitative estimate of drug-likeness (QED) is 0.488. The topological polar surface area (TPSA) is 17.1 Å². The third-order valence-corrected chi connectivity index (χ3v) is 5.71. The van der Waals surface area contributed by atoms with Crippen molar-refractivity contribution in [3.8, 4) is 0 Å². The van der Waals surface area contributed by atoms with Gasteiger partial charge >= 0.3 is 0 Å². The molecular formula is C28H34O. The van der Waals surface area contributed by atoms with Crippen molar-refractivity contribution in [2.45, 2.75) is 71.6 Å². The zero-order valence-electron chi connectivity index (χ0n) is 18.8. The van der Waals surface area contributed by atoms with Crippen molar-refractivity contribution in [1.82, 2.24) is 0 Å². The van der Waals surface area contributed by atoms with E-state index >= 15 is 0 Å². The summed E-state index contributed by atoms with van der Waals surface area (Å²) in [5, 5.41) is 0. The van der Waals surface area contributed by atoms with E-state index in [-0.39, 0.29) is 16.6 Å². The molecule has 0 radical (unpaired) electrons. The first kappa shape index (κ1) is 21.3. The third kappa shape index (κ3) is 5.35. The molecule has 2 aromatic rings. The second kappa shape index (κ2) is 8.14. The summed E-state index contributed by atoms with van der Waals surface area (Å²) in [4.78, 5) is 13.1. The number of carbonyl (C=O) groups is 1. The summed E-state index contributed by atoms with van der Waals surface area (Å²) in [5.41, 5.74) is 6.99. The predicted molar refractivity (Wildman–Crippen MR) is 125 cm³/mol. The first-order valence-electron chi connectivity index (χ1n) is 10.7. The molecule has 3 rings (SSSR count). The fourth-order valence-corrected chi connectivity index (χ4v) is 3.74. The summed E-state index contributed by atoms with van der Waals surface area (Å²) in [5.74, 6) is 0.205. The molecule has 1 saturated carbocycles. The summed E-state index contributed by atoms with van der Waals surface area (Å²) < 4.78 is 0. The molecule has 0 bridgehead atoms. The summed E-state index contributed by atoms with van der Waals surface area (Å²) in [7, 11) is 0. The molecule has 152 valence electrons. The Morgan fingerprint density at radius 2 is 0.966 bits per heavy atom. The lowest BCUT2D eigenvalue weighted by Gasteiger charge is -2.20. The van der Waals surface area contributed by atoms with Crippen molar-refractivity contribution in [1.29, 1.82) is 0 Å². The Morgan fingerprint density at radius 1 is 0.621 bits per heavy atom. The highest BCUT2D eigenvalue weighted by Crippen LogP contribution is 2.30. The number of ketones is 1. The molecule has 1 fully saturated rings. The summed E-state index contributed by atoms with van der Waals surface area (Å²) >= 11 is 0. The fourth-order valence-electron chi connectivity index (χ4n) is 3.74. The molecule has 0 spiro atoms. The zero-order valence-corrected chi connectivity index (χ0v) is 18.8. The fraction of sp³-hybridized carbons (Fsp3) is 0.393. The Kier molecular flexibility index (Phi) is 5.98. The predicted octanol–water partition coefficient (Wildman–Crippen LogP) is 7.50. The molecule has 0 aromatic heterocycles. The van der Waals surface area contributed by atoms with E-state index in [9.17, 15) is 4.79 Å². The molecule has 1 aliphatic rings. The number of benzene rings is 2. The molecule has 0 atom stereocenters. The van der Waals surface area contributed by atoms with Gasteiger partial charge in [0, 0.05) is 11.1 Å². The van der Waals surface area contributed by atoms with Gasteiger partial charge in [-0.2, -0.15) is 0 Å². The van der Waals surface area contributed by atoms with Gasteiger partial charge in [-0.15, -0.1) is 0 Å². The highest BCUT2D eigenvalue weighted by molar-refractivity contribution is 6.13. The number of hydrogen-bond acceptors (Lipinski definition) is 1. The molecule has 29 heavy (non-hydrogen) atoms. The van der Waals surface area contributed by atoms with Crippen LogP contribution < -0.4 is 0 Å². The average molecular weight is 387 g/mol. The van der Waals surface area contributed by atoms with Crippen molar-refractivity contribution < 1.29 is 4.79 Å². The molecule has 0 unspecified atom stereocenters. The lowest BCUT2D eigenvalue weighted by molar-refractivity contribution is -0.112. The van der Waals surface area contributed by atoms with Crippen LogP contribution in [0.15, 0.2) is 59.7 Å². The van der Waals surface area contributed by atoms with Crippen LogP contribution in [-0.2, 0) is 15.6 Å². The van der Waals surface area contributed by atoms with Crippen molar-refractivity contribution in [2.24, 2.45) is 0 Å². The number of rotatable bonds is 2. The van der Waals surface area contributed by atoms with Crippen LogP contribution in [0.4, 0.5) is 0 Å². The smallest absolute Gasteiger partial charge is 0.185 e. The van der Waals surface area contributed by atoms with Gasteiger partial charge in [0.1, 0.15) is 0 Å². The largest absolute Gasteiger partial charge is 0.289 e. The van der Waals surface area contributed by atoms with Crippen LogP contribution >= 0.6 is 0 Å². The molecule has 0 saturated heterocycles. The van der Waals surface area contributed by atoms with E-state index in [2.05, 4.69) is 102 Å². The monoisotopic (exact) mass is 386 g/mol. The van der Waals surface area contributed by atoms with Gasteiger partial charge in [0.2, 0.25) is 0 Å². The van der Waals surface area contributed by atoms with Gasteiger partial charge in [0.05, 0.1) is 0 Å². The minimum atomic E-state index is 0.144. The first-order chi connectivity index (χ1) is 13.5. The van der Waals surface area contributed by atoms with Crippen molar-refractivity contribution in [3.63, 3.8) is 0 Å². The Bertz CT molecular complexity index is 846. The minimum Gasteiger partial charge on any atom is -0.289 e. The van der Waals surface area contributed by atoms with Gasteiger partial charge < -0.3 is 0 Å². The van der Waals surface area contributed by atoms with Gasteiger partial charge in [0.25, 0.3) is 0 Å². The number of hydrogen-bond donors (Lipinski definition) is 0. The maximum absolute atomic E-state index is 13.1. The highest BCUT2D eigenvalue weighted by Gasteiger charge is 2.21. The van der Waals surface area contributed by atoms with E-state index in [0.717, 1.165) is 41.5 Å². The van der Waals surface area contributed by atoms with Gasteiger partial charge in [-0.1, -0.05) is 90.1 Å². The van der Waals surface area contributed by atoms with Crippen LogP contribution in [0.5, 0.6) is 0 Å². The van der Waals surface area contributed by atoms with E-state index in [1.807, 2.05) is 0 Å². The molecule has 1 nitrogen and oxygen atoms in total. The van der Waals surface area contributed by atoms with Gasteiger partial charge in [-0.05, 0) is 64.5 Å². The summed E-state index contributed by atoms with van der Waals surface area (Å²) in [6, 6.07) is 17.2. The molecule has 1 heteroatoms. The van der Waals surface area contributed by atoms with Gasteiger partial charge in [0.15, 0.2) is 5.78 Å². The van der Waals surface area contributed by atoms with E-state index in [4.69, 9.17) is 0 Å². The summed E-state index contributed by atoms with van der Waals surface area (Å²) in [6.07, 6.45) is 6.90. The van der Waals surface area contributed by atoms with E-state index < -0.39 is 0 Å².